The van der Waals surface area contributed by atoms with Gasteiger partial charge < -0.3 is 15.0 Å². The van der Waals surface area contributed by atoms with E-state index in [9.17, 15) is 0 Å². The van der Waals surface area contributed by atoms with E-state index in [1.807, 2.05) is 19.1 Å². The first-order valence-electron chi connectivity index (χ1n) is 5.70. The monoisotopic (exact) mass is 230 g/mol. The van der Waals surface area contributed by atoms with Gasteiger partial charge in [-0.15, -0.1) is 0 Å². The molecule has 3 rings (SSSR count). The van der Waals surface area contributed by atoms with Gasteiger partial charge in [-0.2, -0.15) is 0 Å². The smallest absolute Gasteiger partial charge is 0.254 e. The molecule has 0 saturated heterocycles. The molecule has 1 heterocycles. The normalized spacial score (nSPS) is 18.1. The Morgan fingerprint density at radius 1 is 1.41 bits per heavy atom. The minimum absolute atomic E-state index is 0.0398. The van der Waals surface area contributed by atoms with Crippen molar-refractivity contribution in [2.75, 3.05) is 5.73 Å². The van der Waals surface area contributed by atoms with Crippen molar-refractivity contribution >= 4 is 5.69 Å². The molecule has 0 aliphatic heterocycles. The number of fused-ring (bicyclic) bond motifs is 1. The summed E-state index contributed by atoms with van der Waals surface area (Å²) in [6, 6.07) is 7.79. The van der Waals surface area contributed by atoms with Crippen LogP contribution in [-0.2, 0) is 6.42 Å². The molecule has 0 amide bonds. The third kappa shape index (κ3) is 1.86. The summed E-state index contributed by atoms with van der Waals surface area (Å²) in [4.78, 5) is 0. The topological polar surface area (TPSA) is 61.3 Å². The zero-order valence-corrected chi connectivity index (χ0v) is 9.64. The maximum atomic E-state index is 5.82. The highest BCUT2D eigenvalue weighted by molar-refractivity contribution is 5.47. The predicted molar refractivity (Wildman–Crippen MR) is 63.8 cm³/mol. The number of aromatic nitrogens is 1. The van der Waals surface area contributed by atoms with Gasteiger partial charge in [-0.25, -0.2) is 0 Å². The van der Waals surface area contributed by atoms with E-state index in [4.69, 9.17) is 15.0 Å². The van der Waals surface area contributed by atoms with Crippen LogP contribution in [0.2, 0.25) is 0 Å². The van der Waals surface area contributed by atoms with Gasteiger partial charge in [0, 0.05) is 11.8 Å². The Kier molecular flexibility index (Phi) is 2.28. The van der Waals surface area contributed by atoms with E-state index < -0.39 is 0 Å². The van der Waals surface area contributed by atoms with Crippen molar-refractivity contribution in [2.24, 2.45) is 0 Å². The van der Waals surface area contributed by atoms with Gasteiger partial charge in [-0.1, -0.05) is 6.07 Å². The molecular weight excluding hydrogens is 216 g/mol. The molecule has 1 aromatic carbocycles. The van der Waals surface area contributed by atoms with E-state index in [0.29, 0.717) is 5.88 Å². The fraction of sp³-hybridized carbons (Fsp3) is 0.308. The highest BCUT2D eigenvalue weighted by Crippen LogP contribution is 2.35. The second-order valence-corrected chi connectivity index (χ2v) is 4.38. The number of aryl methyl sites for hydroxylation is 2. The number of nitrogens with two attached hydrogens (primary N) is 1. The van der Waals surface area contributed by atoms with Crippen molar-refractivity contribution in [2.45, 2.75) is 25.9 Å². The van der Waals surface area contributed by atoms with Crippen molar-refractivity contribution in [3.8, 4) is 5.88 Å². The van der Waals surface area contributed by atoms with Gasteiger partial charge >= 0.3 is 0 Å². The Balaban J connectivity index is 1.86. The molecule has 1 unspecified atom stereocenters. The lowest BCUT2D eigenvalue weighted by molar-refractivity contribution is 0.187. The fourth-order valence-corrected chi connectivity index (χ4v) is 2.25. The summed E-state index contributed by atoms with van der Waals surface area (Å²) >= 11 is 0. The summed E-state index contributed by atoms with van der Waals surface area (Å²) in [5, 5.41) is 3.85. The number of benzene rings is 1. The van der Waals surface area contributed by atoms with E-state index in [2.05, 4.69) is 11.2 Å². The van der Waals surface area contributed by atoms with Crippen LogP contribution >= 0.6 is 0 Å². The molecule has 0 bridgehead atoms. The first-order valence-corrected chi connectivity index (χ1v) is 5.70. The van der Waals surface area contributed by atoms with Crippen LogP contribution in [-0.4, -0.2) is 5.16 Å². The summed E-state index contributed by atoms with van der Waals surface area (Å²) in [5.74, 6) is 1.30. The minimum Gasteiger partial charge on any atom is -0.467 e. The number of ether oxygens (including phenoxy) is 1. The Bertz CT molecular complexity index is 548. The van der Waals surface area contributed by atoms with Crippen LogP contribution in [0.15, 0.2) is 28.8 Å². The van der Waals surface area contributed by atoms with Crippen LogP contribution in [0.3, 0.4) is 0 Å². The third-order valence-electron chi connectivity index (χ3n) is 3.06. The molecule has 4 heteroatoms. The number of nitrogens with zero attached hydrogens (tertiary/aromatic N) is 1. The van der Waals surface area contributed by atoms with Gasteiger partial charge in [-0.3, -0.25) is 0 Å². The lowest BCUT2D eigenvalue weighted by Gasteiger charge is -2.12. The summed E-state index contributed by atoms with van der Waals surface area (Å²) in [7, 11) is 0. The van der Waals surface area contributed by atoms with E-state index in [-0.39, 0.29) is 6.10 Å². The zero-order chi connectivity index (χ0) is 11.8. The quantitative estimate of drug-likeness (QED) is 0.805. The number of hydrogen-bond acceptors (Lipinski definition) is 4. The molecule has 88 valence electrons. The average molecular weight is 230 g/mol. The summed E-state index contributed by atoms with van der Waals surface area (Å²) in [5.41, 5.74) is 9.06. The van der Waals surface area contributed by atoms with Crippen LogP contribution in [0.5, 0.6) is 5.88 Å². The molecule has 1 atom stereocenters. The van der Waals surface area contributed by atoms with E-state index in [0.717, 1.165) is 24.3 Å². The molecule has 17 heavy (non-hydrogen) atoms. The molecule has 0 saturated carbocycles. The van der Waals surface area contributed by atoms with Crippen molar-refractivity contribution in [1.82, 2.24) is 5.16 Å². The lowest BCUT2D eigenvalue weighted by atomic mass is 10.1. The Morgan fingerprint density at radius 3 is 3.06 bits per heavy atom. The van der Waals surface area contributed by atoms with Crippen LogP contribution in [0.1, 0.15) is 29.4 Å². The molecular formula is C13H14N2O2. The first kappa shape index (κ1) is 10.2. The Labute approximate surface area is 99.4 Å². The maximum absolute atomic E-state index is 5.82. The van der Waals surface area contributed by atoms with Gasteiger partial charge in [-0.05, 0) is 48.2 Å². The summed E-state index contributed by atoms with van der Waals surface area (Å²) in [6.07, 6.45) is 2.03. The fourth-order valence-electron chi connectivity index (χ4n) is 2.25. The van der Waals surface area contributed by atoms with Crippen molar-refractivity contribution < 1.29 is 9.26 Å². The molecule has 4 nitrogen and oxygen atoms in total. The average Bonchev–Trinajstić information content (AvgIpc) is 2.87. The number of rotatable bonds is 2. The van der Waals surface area contributed by atoms with Crippen molar-refractivity contribution in [3.05, 3.63) is 41.2 Å². The molecule has 1 aliphatic carbocycles. The van der Waals surface area contributed by atoms with Crippen molar-refractivity contribution in [3.63, 3.8) is 0 Å². The van der Waals surface area contributed by atoms with E-state index in [1.165, 1.54) is 11.1 Å². The standard InChI is InChI=1S/C13H14N2O2/c1-8-6-13(15-17-8)16-12-5-3-9-2-4-10(14)7-11(9)12/h2,4,6-7,12H,3,5,14H2,1H3. The number of hydrogen-bond donors (Lipinski definition) is 1. The highest BCUT2D eigenvalue weighted by Gasteiger charge is 2.25. The Morgan fingerprint density at radius 2 is 2.29 bits per heavy atom. The summed E-state index contributed by atoms with van der Waals surface area (Å²) in [6.45, 7) is 1.85. The van der Waals surface area contributed by atoms with E-state index in [1.54, 1.807) is 6.07 Å². The first-order chi connectivity index (χ1) is 8.22. The van der Waals surface area contributed by atoms with Crippen LogP contribution in [0.4, 0.5) is 5.69 Å². The zero-order valence-electron chi connectivity index (χ0n) is 9.64. The van der Waals surface area contributed by atoms with Gasteiger partial charge in [0.15, 0.2) is 0 Å². The van der Waals surface area contributed by atoms with Gasteiger partial charge in [0.2, 0.25) is 0 Å². The van der Waals surface area contributed by atoms with Gasteiger partial charge in [0.25, 0.3) is 5.88 Å². The van der Waals surface area contributed by atoms with Gasteiger partial charge in [0.1, 0.15) is 11.9 Å². The maximum Gasteiger partial charge on any atom is 0.254 e. The third-order valence-corrected chi connectivity index (χ3v) is 3.06. The van der Waals surface area contributed by atoms with Crippen molar-refractivity contribution in [1.29, 1.82) is 0 Å². The molecule has 1 aliphatic rings. The van der Waals surface area contributed by atoms with Crippen LogP contribution in [0, 0.1) is 6.92 Å². The van der Waals surface area contributed by atoms with Crippen LogP contribution < -0.4 is 10.5 Å². The number of nitrogen functional groups attached to an aromatic ring is 1. The second-order valence-electron chi connectivity index (χ2n) is 4.38. The predicted octanol–water partition coefficient (Wildman–Crippen LogP) is 2.63. The largest absolute Gasteiger partial charge is 0.467 e. The SMILES string of the molecule is Cc1cc(OC2CCc3ccc(N)cc32)no1. The Hall–Kier alpha value is -1.97. The molecule has 2 N–H and O–H groups in total. The molecule has 0 radical (unpaired) electrons. The second kappa shape index (κ2) is 3.80. The molecule has 2 aromatic rings. The van der Waals surface area contributed by atoms with E-state index >= 15 is 0 Å². The minimum atomic E-state index is 0.0398. The molecule has 0 spiro atoms. The highest BCUT2D eigenvalue weighted by atomic mass is 16.5. The number of anilines is 1. The molecule has 1 aromatic heterocycles. The molecule has 0 fully saturated rings. The summed E-state index contributed by atoms with van der Waals surface area (Å²) < 4.78 is 10.8. The van der Waals surface area contributed by atoms with Crippen LogP contribution in [0.25, 0.3) is 0 Å². The lowest BCUT2D eigenvalue weighted by Crippen LogP contribution is -2.04. The van der Waals surface area contributed by atoms with Gasteiger partial charge in [0.05, 0.1) is 0 Å².